The van der Waals surface area contributed by atoms with Gasteiger partial charge in [0.25, 0.3) is 11.9 Å². The second kappa shape index (κ2) is 5.94. The molecule has 0 bridgehead atoms. The predicted molar refractivity (Wildman–Crippen MR) is 78.4 cm³/mol. The third-order valence-corrected chi connectivity index (χ3v) is 3.27. The lowest BCUT2D eigenvalue weighted by Gasteiger charge is -2.23. The van der Waals surface area contributed by atoms with E-state index >= 15 is 0 Å². The molecule has 3 rings (SSSR count). The van der Waals surface area contributed by atoms with Gasteiger partial charge in [-0.05, 0) is 5.56 Å². The number of hydrogen-bond acceptors (Lipinski definition) is 5. The maximum absolute atomic E-state index is 11.8. The molecule has 8 heteroatoms. The summed E-state index contributed by atoms with van der Waals surface area (Å²) >= 11 is 0. The largest absolute Gasteiger partial charge is 0.375 e. The van der Waals surface area contributed by atoms with Crippen LogP contribution in [0.5, 0.6) is 0 Å². The van der Waals surface area contributed by atoms with E-state index in [1.807, 2.05) is 30.3 Å². The number of ether oxygens (including phenoxy) is 1. The molecule has 0 fully saturated rings. The number of hydrogen-bond donors (Lipinski definition) is 2. The zero-order valence-electron chi connectivity index (χ0n) is 11.9. The molecule has 2 amide bonds. The monoisotopic (exact) mass is 301 g/mol. The first-order valence-electron chi connectivity index (χ1n) is 6.77. The molecule has 0 spiro atoms. The van der Waals surface area contributed by atoms with Crippen molar-refractivity contribution in [3.63, 3.8) is 0 Å². The average molecular weight is 301 g/mol. The number of carbonyl (C=O) groups excluding carboxylic acids is 2. The van der Waals surface area contributed by atoms with Crippen molar-refractivity contribution >= 4 is 23.7 Å². The normalized spacial score (nSPS) is 16.8. The zero-order chi connectivity index (χ0) is 15.5. The molecule has 8 nitrogen and oxygen atoms in total. The number of fused-ring (bicyclic) bond motifs is 1. The first kappa shape index (κ1) is 14.2. The summed E-state index contributed by atoms with van der Waals surface area (Å²) in [6.45, 7) is -0.0850. The SMILES string of the molecule is COCC(=O)Nc1nc2n(n1)C(c1ccccc1)CC(=O)N2. The highest BCUT2D eigenvalue weighted by Gasteiger charge is 2.29. The molecule has 2 heterocycles. The smallest absolute Gasteiger partial charge is 0.252 e. The molecule has 114 valence electrons. The first-order chi connectivity index (χ1) is 10.7. The number of rotatable bonds is 4. The first-order valence-corrected chi connectivity index (χ1v) is 6.77. The summed E-state index contributed by atoms with van der Waals surface area (Å²) in [5.74, 6) is -0.0328. The summed E-state index contributed by atoms with van der Waals surface area (Å²) in [6.07, 6.45) is 0.270. The van der Waals surface area contributed by atoms with Crippen LogP contribution in [0.4, 0.5) is 11.9 Å². The van der Waals surface area contributed by atoms with E-state index in [0.29, 0.717) is 5.95 Å². The van der Waals surface area contributed by atoms with Crippen LogP contribution in [0.1, 0.15) is 18.0 Å². The van der Waals surface area contributed by atoms with Crippen LogP contribution in [-0.4, -0.2) is 40.3 Å². The Kier molecular flexibility index (Phi) is 3.84. The molecule has 0 aliphatic carbocycles. The molecule has 0 saturated carbocycles. The minimum atomic E-state index is -0.354. The number of nitrogens with zero attached hydrogens (tertiary/aromatic N) is 3. The summed E-state index contributed by atoms with van der Waals surface area (Å²) in [6, 6.07) is 9.32. The lowest BCUT2D eigenvalue weighted by atomic mass is 10.0. The van der Waals surface area contributed by atoms with Crippen molar-refractivity contribution in [2.24, 2.45) is 0 Å². The Morgan fingerprint density at radius 2 is 2.23 bits per heavy atom. The van der Waals surface area contributed by atoms with Gasteiger partial charge >= 0.3 is 0 Å². The second-order valence-corrected chi connectivity index (χ2v) is 4.86. The molecule has 0 radical (unpaired) electrons. The maximum atomic E-state index is 11.8. The molecular formula is C14H15N5O3. The molecule has 22 heavy (non-hydrogen) atoms. The molecule has 0 saturated heterocycles. The molecule has 1 unspecified atom stereocenters. The van der Waals surface area contributed by atoms with Gasteiger partial charge in [-0.25, -0.2) is 4.68 Å². The van der Waals surface area contributed by atoms with Gasteiger partial charge in [0.2, 0.25) is 11.9 Å². The van der Waals surface area contributed by atoms with Gasteiger partial charge in [0.15, 0.2) is 0 Å². The quantitative estimate of drug-likeness (QED) is 0.870. The van der Waals surface area contributed by atoms with Gasteiger partial charge in [0.1, 0.15) is 6.61 Å². The Bertz CT molecular complexity index is 698. The summed E-state index contributed by atoms with van der Waals surface area (Å²) in [5.41, 5.74) is 0.957. The number of amides is 2. The Balaban J connectivity index is 1.90. The minimum Gasteiger partial charge on any atom is -0.375 e. The standard InChI is InChI=1S/C14H15N5O3/c1-22-8-12(21)15-13-17-14-16-11(20)7-10(19(14)18-13)9-5-3-2-4-6-9/h2-6,10H,7-8H2,1H3,(H2,15,16,17,18,20,21). The average Bonchev–Trinajstić information content (AvgIpc) is 2.89. The summed E-state index contributed by atoms with van der Waals surface area (Å²) in [4.78, 5) is 27.5. The van der Waals surface area contributed by atoms with Crippen LogP contribution in [0.25, 0.3) is 0 Å². The van der Waals surface area contributed by atoms with Crippen LogP contribution in [-0.2, 0) is 14.3 Å². The lowest BCUT2D eigenvalue weighted by Crippen LogP contribution is -2.29. The maximum Gasteiger partial charge on any atom is 0.252 e. The minimum absolute atomic E-state index is 0.0850. The fourth-order valence-corrected chi connectivity index (χ4v) is 2.34. The van der Waals surface area contributed by atoms with Gasteiger partial charge in [-0.1, -0.05) is 30.3 Å². The number of methoxy groups -OCH3 is 1. The number of nitrogens with one attached hydrogen (secondary N) is 2. The third kappa shape index (κ3) is 2.82. The van der Waals surface area contributed by atoms with Crippen LogP contribution in [0.3, 0.4) is 0 Å². The Morgan fingerprint density at radius 3 is 2.95 bits per heavy atom. The Hall–Kier alpha value is -2.74. The second-order valence-electron chi connectivity index (χ2n) is 4.86. The molecule has 2 N–H and O–H groups in total. The lowest BCUT2D eigenvalue weighted by molar-refractivity contribution is -0.120. The topological polar surface area (TPSA) is 98.1 Å². The fraction of sp³-hybridized carbons (Fsp3) is 0.286. The van der Waals surface area contributed by atoms with Crippen molar-refractivity contribution in [3.8, 4) is 0 Å². The van der Waals surface area contributed by atoms with Gasteiger partial charge in [0.05, 0.1) is 12.5 Å². The van der Waals surface area contributed by atoms with Crippen LogP contribution in [0.15, 0.2) is 30.3 Å². The van der Waals surface area contributed by atoms with E-state index in [-0.39, 0.29) is 36.8 Å². The molecule has 2 aromatic rings. The van der Waals surface area contributed by atoms with Gasteiger partial charge in [-0.15, -0.1) is 5.10 Å². The molecule has 1 aromatic heterocycles. The van der Waals surface area contributed by atoms with E-state index in [2.05, 4.69) is 20.7 Å². The van der Waals surface area contributed by atoms with E-state index in [4.69, 9.17) is 4.74 Å². The molecule has 1 aliphatic heterocycles. The van der Waals surface area contributed by atoms with E-state index < -0.39 is 0 Å². The molecule has 1 aromatic carbocycles. The van der Waals surface area contributed by atoms with Crippen LogP contribution < -0.4 is 10.6 Å². The summed E-state index contributed by atoms with van der Waals surface area (Å²) in [7, 11) is 1.43. The van der Waals surface area contributed by atoms with Gasteiger partial charge < -0.3 is 4.74 Å². The van der Waals surface area contributed by atoms with Gasteiger partial charge in [0, 0.05) is 7.11 Å². The number of benzene rings is 1. The van der Waals surface area contributed by atoms with Crippen LogP contribution in [0, 0.1) is 0 Å². The summed E-state index contributed by atoms with van der Waals surface area (Å²) in [5, 5.41) is 9.45. The third-order valence-electron chi connectivity index (χ3n) is 3.27. The summed E-state index contributed by atoms with van der Waals surface area (Å²) < 4.78 is 6.35. The predicted octanol–water partition coefficient (Wildman–Crippen LogP) is 0.795. The number of anilines is 2. The zero-order valence-corrected chi connectivity index (χ0v) is 11.9. The highest BCUT2D eigenvalue weighted by atomic mass is 16.5. The number of aromatic nitrogens is 3. The molecular weight excluding hydrogens is 286 g/mol. The number of carbonyl (C=O) groups is 2. The van der Waals surface area contributed by atoms with E-state index in [1.54, 1.807) is 4.68 Å². The molecule has 1 atom stereocenters. The highest BCUT2D eigenvalue weighted by Crippen LogP contribution is 2.29. The molecule has 1 aliphatic rings. The van der Waals surface area contributed by atoms with Crippen molar-refractivity contribution < 1.29 is 14.3 Å². The van der Waals surface area contributed by atoms with Crippen LogP contribution in [0.2, 0.25) is 0 Å². The van der Waals surface area contributed by atoms with Crippen molar-refractivity contribution in [2.45, 2.75) is 12.5 Å². The van der Waals surface area contributed by atoms with Crippen molar-refractivity contribution in [3.05, 3.63) is 35.9 Å². The van der Waals surface area contributed by atoms with Crippen molar-refractivity contribution in [2.75, 3.05) is 24.4 Å². The highest BCUT2D eigenvalue weighted by molar-refractivity contribution is 5.92. The van der Waals surface area contributed by atoms with Crippen LogP contribution >= 0.6 is 0 Å². The van der Waals surface area contributed by atoms with E-state index in [9.17, 15) is 9.59 Å². The fourth-order valence-electron chi connectivity index (χ4n) is 2.34. The Labute approximate surface area is 126 Å². The van der Waals surface area contributed by atoms with Gasteiger partial charge in [-0.3, -0.25) is 20.2 Å². The van der Waals surface area contributed by atoms with Crippen molar-refractivity contribution in [1.29, 1.82) is 0 Å². The van der Waals surface area contributed by atoms with E-state index in [1.165, 1.54) is 7.11 Å². The van der Waals surface area contributed by atoms with Gasteiger partial charge in [-0.2, -0.15) is 4.98 Å². The van der Waals surface area contributed by atoms with E-state index in [0.717, 1.165) is 5.56 Å². The van der Waals surface area contributed by atoms with Crippen molar-refractivity contribution in [1.82, 2.24) is 14.8 Å². The Morgan fingerprint density at radius 1 is 1.45 bits per heavy atom.